The Morgan fingerprint density at radius 3 is 2.18 bits per heavy atom. The summed E-state index contributed by atoms with van der Waals surface area (Å²) in [4.78, 5) is 12.1. The first kappa shape index (κ1) is 20.7. The number of esters is 1. The maximum Gasteiger partial charge on any atom is 0.310 e. The van der Waals surface area contributed by atoms with Gasteiger partial charge in [0.1, 0.15) is 11.5 Å². The fraction of sp³-hybridized carbons (Fsp3) is 0.381. The van der Waals surface area contributed by atoms with Gasteiger partial charge in [0.25, 0.3) is 0 Å². The van der Waals surface area contributed by atoms with E-state index in [2.05, 4.69) is 0 Å². The van der Waals surface area contributed by atoms with Gasteiger partial charge in [0, 0.05) is 11.0 Å². The predicted octanol–water partition coefficient (Wildman–Crippen LogP) is 4.11. The first-order valence-electron chi connectivity index (χ1n) is 9.18. The number of carbonyl (C=O) groups is 1. The molecule has 5 nitrogen and oxygen atoms in total. The van der Waals surface area contributed by atoms with Gasteiger partial charge in [-0.15, -0.1) is 0 Å². The van der Waals surface area contributed by atoms with Crippen molar-refractivity contribution in [2.24, 2.45) is 5.92 Å². The molecule has 1 aliphatic rings. The summed E-state index contributed by atoms with van der Waals surface area (Å²) in [5.41, 5.74) is 0.848. The number of thioether (sulfide) groups is 1. The predicted molar refractivity (Wildman–Crippen MR) is 111 cm³/mol. The molecule has 1 aliphatic heterocycles. The van der Waals surface area contributed by atoms with Crippen LogP contribution in [0.25, 0.3) is 0 Å². The van der Waals surface area contributed by atoms with E-state index in [0.717, 1.165) is 11.3 Å². The minimum absolute atomic E-state index is 0.193. The molecule has 1 saturated heterocycles. The van der Waals surface area contributed by atoms with Crippen LogP contribution in [0.4, 0.5) is 0 Å². The van der Waals surface area contributed by atoms with Gasteiger partial charge in [-0.2, -0.15) is 11.8 Å². The lowest BCUT2D eigenvalue weighted by atomic mass is 10.1. The van der Waals surface area contributed by atoms with Crippen LogP contribution in [0.1, 0.15) is 19.4 Å². The molecule has 28 heavy (non-hydrogen) atoms. The highest BCUT2D eigenvalue weighted by Crippen LogP contribution is 2.33. The van der Waals surface area contributed by atoms with Gasteiger partial charge in [-0.25, -0.2) is 8.42 Å². The Balaban J connectivity index is 1.55. The van der Waals surface area contributed by atoms with Gasteiger partial charge in [-0.3, -0.25) is 4.79 Å². The number of hydrogen-bond acceptors (Lipinski definition) is 6. The van der Waals surface area contributed by atoms with Crippen LogP contribution >= 0.6 is 11.8 Å². The third-order valence-corrected chi connectivity index (χ3v) is 7.09. The number of rotatable bonds is 9. The van der Waals surface area contributed by atoms with Crippen molar-refractivity contribution >= 4 is 27.6 Å². The van der Waals surface area contributed by atoms with Crippen molar-refractivity contribution < 1.29 is 22.7 Å². The summed E-state index contributed by atoms with van der Waals surface area (Å²) < 4.78 is 35.5. The van der Waals surface area contributed by atoms with E-state index in [0.29, 0.717) is 28.9 Å². The zero-order valence-electron chi connectivity index (χ0n) is 16.0. The Labute approximate surface area is 170 Å². The largest absolute Gasteiger partial charge is 0.465 e. The lowest BCUT2D eigenvalue weighted by Gasteiger charge is -2.09. The van der Waals surface area contributed by atoms with Gasteiger partial charge < -0.3 is 9.47 Å². The van der Waals surface area contributed by atoms with Gasteiger partial charge in [-0.1, -0.05) is 26.0 Å². The molecule has 0 radical (unpaired) electrons. The molecule has 0 amide bonds. The zero-order chi connectivity index (χ0) is 20.1. The van der Waals surface area contributed by atoms with Crippen LogP contribution in [0, 0.1) is 5.92 Å². The molecule has 2 aromatic rings. The van der Waals surface area contributed by atoms with Gasteiger partial charge in [0.15, 0.2) is 9.84 Å². The van der Waals surface area contributed by atoms with E-state index in [1.807, 2.05) is 26.0 Å². The van der Waals surface area contributed by atoms with Crippen molar-refractivity contribution in [1.29, 1.82) is 0 Å². The minimum atomic E-state index is -3.23. The highest BCUT2D eigenvalue weighted by Gasteiger charge is 2.29. The molecule has 1 fully saturated rings. The molecular weight excluding hydrogens is 396 g/mol. The van der Waals surface area contributed by atoms with Gasteiger partial charge in [-0.05, 0) is 47.9 Å². The van der Waals surface area contributed by atoms with Crippen LogP contribution in [-0.4, -0.2) is 37.7 Å². The van der Waals surface area contributed by atoms with Crippen LogP contribution < -0.4 is 4.74 Å². The lowest BCUT2D eigenvalue weighted by Crippen LogP contribution is -2.12. The summed E-state index contributed by atoms with van der Waals surface area (Å²) in [6.45, 7) is 4.41. The molecule has 3 rings (SSSR count). The Bertz CT molecular complexity index is 899. The second-order valence-electron chi connectivity index (χ2n) is 7.21. The summed E-state index contributed by atoms with van der Waals surface area (Å²) in [5.74, 6) is 2.36. The summed E-state index contributed by atoms with van der Waals surface area (Å²) in [7, 11) is -3.23. The second-order valence-corrected chi connectivity index (χ2v) is 10.6. The SMILES string of the molecule is CC(C)COC(=O)Cc1ccc(Oc2ccc(S(=O)(=O)CC3CS3)cc2)cc1. The van der Waals surface area contributed by atoms with Crippen molar-refractivity contribution in [3.8, 4) is 11.5 Å². The number of sulfone groups is 1. The monoisotopic (exact) mass is 420 g/mol. The Hall–Kier alpha value is -1.99. The maximum absolute atomic E-state index is 12.3. The Kier molecular flexibility index (Phi) is 6.67. The van der Waals surface area contributed by atoms with E-state index in [9.17, 15) is 13.2 Å². The van der Waals surface area contributed by atoms with Crippen LogP contribution in [0.5, 0.6) is 11.5 Å². The first-order chi connectivity index (χ1) is 13.3. The highest BCUT2D eigenvalue weighted by molar-refractivity contribution is 8.08. The molecule has 0 bridgehead atoms. The molecule has 150 valence electrons. The first-order valence-corrected chi connectivity index (χ1v) is 11.9. The number of ether oxygens (including phenoxy) is 2. The smallest absolute Gasteiger partial charge is 0.310 e. The molecule has 0 aromatic heterocycles. The molecule has 0 spiro atoms. The third-order valence-electron chi connectivity index (χ3n) is 4.08. The van der Waals surface area contributed by atoms with Crippen LogP contribution in [-0.2, 0) is 25.8 Å². The van der Waals surface area contributed by atoms with E-state index < -0.39 is 9.84 Å². The average Bonchev–Trinajstić information content (AvgIpc) is 3.45. The van der Waals surface area contributed by atoms with Crippen molar-refractivity contribution in [2.45, 2.75) is 30.4 Å². The number of carbonyl (C=O) groups excluding carboxylic acids is 1. The fourth-order valence-electron chi connectivity index (χ4n) is 2.51. The summed E-state index contributed by atoms with van der Waals surface area (Å²) in [6.07, 6.45) is 0.221. The van der Waals surface area contributed by atoms with Crippen molar-refractivity contribution in [2.75, 3.05) is 18.1 Å². The lowest BCUT2D eigenvalue weighted by molar-refractivity contribution is -0.143. The molecule has 7 heteroatoms. The Morgan fingerprint density at radius 1 is 1.07 bits per heavy atom. The highest BCUT2D eigenvalue weighted by atomic mass is 32.2. The summed E-state index contributed by atoms with van der Waals surface area (Å²) in [5, 5.41) is 0.238. The normalized spacial score (nSPS) is 16.0. The standard InChI is InChI=1S/C21H24O5S2/c1-15(2)12-25-21(22)11-16-3-5-17(6-4-16)26-18-7-9-20(10-8-18)28(23,24)14-19-13-27-19/h3-10,15,19H,11-14H2,1-2H3. The summed E-state index contributed by atoms with van der Waals surface area (Å²) >= 11 is 1.67. The fourth-order valence-corrected chi connectivity index (χ4v) is 5.18. The zero-order valence-corrected chi connectivity index (χ0v) is 17.6. The molecule has 1 atom stereocenters. The van der Waals surface area contributed by atoms with Crippen LogP contribution in [0.15, 0.2) is 53.4 Å². The molecule has 0 saturated carbocycles. The topological polar surface area (TPSA) is 69.7 Å². The molecule has 2 aromatic carbocycles. The minimum Gasteiger partial charge on any atom is -0.465 e. The third kappa shape index (κ3) is 6.27. The van der Waals surface area contributed by atoms with E-state index in [1.54, 1.807) is 48.2 Å². The van der Waals surface area contributed by atoms with E-state index >= 15 is 0 Å². The van der Waals surface area contributed by atoms with E-state index in [4.69, 9.17) is 9.47 Å². The number of benzene rings is 2. The molecule has 0 N–H and O–H groups in total. The molecule has 0 aliphatic carbocycles. The molecular formula is C21H24O5S2. The maximum atomic E-state index is 12.3. The quantitative estimate of drug-likeness (QED) is 0.449. The molecule has 1 unspecified atom stereocenters. The van der Waals surface area contributed by atoms with Crippen LogP contribution in [0.3, 0.4) is 0 Å². The second kappa shape index (κ2) is 9.01. The number of hydrogen-bond donors (Lipinski definition) is 0. The van der Waals surface area contributed by atoms with Gasteiger partial charge >= 0.3 is 5.97 Å². The van der Waals surface area contributed by atoms with Crippen molar-refractivity contribution in [1.82, 2.24) is 0 Å². The van der Waals surface area contributed by atoms with Crippen molar-refractivity contribution in [3.63, 3.8) is 0 Å². The van der Waals surface area contributed by atoms with E-state index in [1.165, 1.54) is 0 Å². The van der Waals surface area contributed by atoms with Crippen molar-refractivity contribution in [3.05, 3.63) is 54.1 Å². The Morgan fingerprint density at radius 2 is 1.64 bits per heavy atom. The van der Waals surface area contributed by atoms with E-state index in [-0.39, 0.29) is 23.4 Å². The van der Waals surface area contributed by atoms with Gasteiger partial charge in [0.2, 0.25) is 0 Å². The van der Waals surface area contributed by atoms with Gasteiger partial charge in [0.05, 0.1) is 23.7 Å². The average molecular weight is 421 g/mol. The van der Waals surface area contributed by atoms with Crippen LogP contribution in [0.2, 0.25) is 0 Å². The molecule has 1 heterocycles. The summed E-state index contributed by atoms with van der Waals surface area (Å²) in [6, 6.07) is 13.7.